The SMILES string of the molecule is CC(=O)N1CCC(CC(=O)N2CCCCC2CCN2CCCC2)CC1. The van der Waals surface area contributed by atoms with Gasteiger partial charge in [0.25, 0.3) is 0 Å². The molecule has 0 spiro atoms. The van der Waals surface area contributed by atoms with Crippen molar-refractivity contribution in [1.29, 1.82) is 0 Å². The average Bonchev–Trinajstić information content (AvgIpc) is 3.14. The predicted molar refractivity (Wildman–Crippen MR) is 99.2 cm³/mol. The molecule has 3 rings (SSSR count). The number of hydrogen-bond donors (Lipinski definition) is 0. The molecule has 0 aromatic carbocycles. The number of rotatable bonds is 5. The van der Waals surface area contributed by atoms with Crippen LogP contribution in [0.25, 0.3) is 0 Å². The summed E-state index contributed by atoms with van der Waals surface area (Å²) >= 11 is 0. The third kappa shape index (κ3) is 5.19. The van der Waals surface area contributed by atoms with Gasteiger partial charge < -0.3 is 14.7 Å². The lowest BCUT2D eigenvalue weighted by molar-refractivity contribution is -0.136. The van der Waals surface area contributed by atoms with Crippen molar-refractivity contribution in [3.05, 3.63) is 0 Å². The number of carbonyl (C=O) groups is 2. The van der Waals surface area contributed by atoms with E-state index in [1.807, 2.05) is 4.90 Å². The molecule has 3 heterocycles. The second-order valence-electron chi connectivity index (χ2n) is 8.23. The second-order valence-corrected chi connectivity index (χ2v) is 8.23. The van der Waals surface area contributed by atoms with Crippen LogP contribution in [0.15, 0.2) is 0 Å². The highest BCUT2D eigenvalue weighted by Crippen LogP contribution is 2.26. The topological polar surface area (TPSA) is 43.9 Å². The van der Waals surface area contributed by atoms with Crippen molar-refractivity contribution in [3.63, 3.8) is 0 Å². The first-order valence-electron chi connectivity index (χ1n) is 10.4. The van der Waals surface area contributed by atoms with Crippen LogP contribution in [0.3, 0.4) is 0 Å². The summed E-state index contributed by atoms with van der Waals surface area (Å²) in [6, 6.07) is 0.458. The summed E-state index contributed by atoms with van der Waals surface area (Å²) in [7, 11) is 0. The van der Waals surface area contributed by atoms with E-state index < -0.39 is 0 Å². The van der Waals surface area contributed by atoms with Gasteiger partial charge in [0.15, 0.2) is 0 Å². The van der Waals surface area contributed by atoms with Crippen molar-refractivity contribution in [2.45, 2.75) is 70.8 Å². The van der Waals surface area contributed by atoms with E-state index in [1.165, 1.54) is 38.8 Å². The van der Waals surface area contributed by atoms with Crippen LogP contribution in [-0.4, -0.2) is 71.8 Å². The lowest BCUT2D eigenvalue weighted by Gasteiger charge is -2.38. The minimum atomic E-state index is 0.169. The summed E-state index contributed by atoms with van der Waals surface area (Å²) in [6.07, 6.45) is 10.1. The fraction of sp³-hybridized carbons (Fsp3) is 0.900. The van der Waals surface area contributed by atoms with E-state index in [0.717, 1.165) is 51.9 Å². The lowest BCUT2D eigenvalue weighted by atomic mass is 9.91. The molecule has 0 bridgehead atoms. The Labute approximate surface area is 152 Å². The number of hydrogen-bond acceptors (Lipinski definition) is 3. The summed E-state index contributed by atoms with van der Waals surface area (Å²) in [5, 5.41) is 0. The smallest absolute Gasteiger partial charge is 0.223 e. The van der Waals surface area contributed by atoms with E-state index >= 15 is 0 Å². The Kier molecular flexibility index (Phi) is 6.74. The Morgan fingerprint density at radius 2 is 1.56 bits per heavy atom. The Balaban J connectivity index is 1.46. The molecule has 5 nitrogen and oxygen atoms in total. The molecule has 1 unspecified atom stereocenters. The molecule has 5 heteroatoms. The van der Waals surface area contributed by atoms with E-state index in [4.69, 9.17) is 0 Å². The van der Waals surface area contributed by atoms with Gasteiger partial charge in [-0.05, 0) is 70.4 Å². The fourth-order valence-corrected chi connectivity index (χ4v) is 4.78. The molecule has 3 aliphatic rings. The molecule has 0 aliphatic carbocycles. The van der Waals surface area contributed by atoms with Crippen LogP contribution >= 0.6 is 0 Å². The summed E-state index contributed by atoms with van der Waals surface area (Å²) in [4.78, 5) is 31.1. The molecule has 142 valence electrons. The van der Waals surface area contributed by atoms with Crippen molar-refractivity contribution in [2.24, 2.45) is 5.92 Å². The van der Waals surface area contributed by atoms with Crippen molar-refractivity contribution < 1.29 is 9.59 Å². The average molecular weight is 350 g/mol. The summed E-state index contributed by atoms with van der Waals surface area (Å²) < 4.78 is 0. The molecule has 3 saturated heterocycles. The highest BCUT2D eigenvalue weighted by molar-refractivity contribution is 5.77. The fourth-order valence-electron chi connectivity index (χ4n) is 4.78. The third-order valence-corrected chi connectivity index (χ3v) is 6.45. The summed E-state index contributed by atoms with van der Waals surface area (Å²) in [5.74, 6) is 0.999. The van der Waals surface area contributed by atoms with E-state index in [2.05, 4.69) is 9.80 Å². The van der Waals surface area contributed by atoms with Gasteiger partial charge in [-0.15, -0.1) is 0 Å². The molecule has 0 aromatic rings. The zero-order valence-corrected chi connectivity index (χ0v) is 15.9. The molecule has 0 N–H and O–H groups in total. The Hall–Kier alpha value is -1.10. The Bertz CT molecular complexity index is 454. The van der Waals surface area contributed by atoms with Gasteiger partial charge in [0.2, 0.25) is 11.8 Å². The minimum Gasteiger partial charge on any atom is -0.343 e. The van der Waals surface area contributed by atoms with E-state index in [-0.39, 0.29) is 5.91 Å². The third-order valence-electron chi connectivity index (χ3n) is 6.45. The number of likely N-dealkylation sites (tertiary alicyclic amines) is 3. The van der Waals surface area contributed by atoms with Gasteiger partial charge in [0.05, 0.1) is 0 Å². The zero-order valence-electron chi connectivity index (χ0n) is 15.9. The maximum absolute atomic E-state index is 12.9. The molecular weight excluding hydrogens is 314 g/mol. The number of amides is 2. The first kappa shape index (κ1) is 18.7. The summed E-state index contributed by atoms with van der Waals surface area (Å²) in [5.41, 5.74) is 0. The van der Waals surface area contributed by atoms with Crippen molar-refractivity contribution in [3.8, 4) is 0 Å². The summed E-state index contributed by atoms with van der Waals surface area (Å²) in [6.45, 7) is 7.90. The number of carbonyl (C=O) groups excluding carboxylic acids is 2. The van der Waals surface area contributed by atoms with Gasteiger partial charge >= 0.3 is 0 Å². The molecular formula is C20H35N3O2. The maximum Gasteiger partial charge on any atom is 0.223 e. The maximum atomic E-state index is 12.9. The van der Waals surface area contributed by atoms with Crippen LogP contribution in [0, 0.1) is 5.92 Å². The van der Waals surface area contributed by atoms with Crippen LogP contribution in [0.1, 0.15) is 64.7 Å². The quantitative estimate of drug-likeness (QED) is 0.766. The first-order chi connectivity index (χ1) is 12.1. The lowest BCUT2D eigenvalue weighted by Crippen LogP contribution is -2.46. The Morgan fingerprint density at radius 3 is 2.24 bits per heavy atom. The molecule has 2 amide bonds. The number of nitrogens with zero attached hydrogens (tertiary/aromatic N) is 3. The van der Waals surface area contributed by atoms with Gasteiger partial charge in [-0.2, -0.15) is 0 Å². The van der Waals surface area contributed by atoms with Gasteiger partial charge in [0, 0.05) is 45.6 Å². The Morgan fingerprint density at radius 1 is 0.880 bits per heavy atom. The standard InChI is InChI=1S/C20H35N3O2/c1-17(24)22-14-7-18(8-15-22)16-20(25)23-12-3-2-6-19(23)9-13-21-10-4-5-11-21/h18-19H,2-16H2,1H3. The van der Waals surface area contributed by atoms with Gasteiger partial charge in [0.1, 0.15) is 0 Å². The zero-order chi connectivity index (χ0) is 17.6. The van der Waals surface area contributed by atoms with Crippen LogP contribution in [0.2, 0.25) is 0 Å². The molecule has 1 atom stereocenters. The van der Waals surface area contributed by atoms with E-state index in [9.17, 15) is 9.59 Å². The molecule has 3 fully saturated rings. The van der Waals surface area contributed by atoms with Crippen molar-refractivity contribution in [1.82, 2.24) is 14.7 Å². The van der Waals surface area contributed by atoms with Crippen molar-refractivity contribution in [2.75, 3.05) is 39.3 Å². The van der Waals surface area contributed by atoms with E-state index in [1.54, 1.807) is 6.92 Å². The van der Waals surface area contributed by atoms with Crippen LogP contribution in [0.4, 0.5) is 0 Å². The van der Waals surface area contributed by atoms with Crippen LogP contribution in [0.5, 0.6) is 0 Å². The van der Waals surface area contributed by atoms with Gasteiger partial charge in [-0.1, -0.05) is 0 Å². The van der Waals surface area contributed by atoms with Crippen molar-refractivity contribution >= 4 is 11.8 Å². The van der Waals surface area contributed by atoms with Crippen LogP contribution in [-0.2, 0) is 9.59 Å². The monoisotopic (exact) mass is 349 g/mol. The molecule has 0 aromatic heterocycles. The van der Waals surface area contributed by atoms with Crippen LogP contribution < -0.4 is 0 Å². The first-order valence-corrected chi connectivity index (χ1v) is 10.4. The molecule has 0 radical (unpaired) electrons. The second kappa shape index (κ2) is 9.02. The largest absolute Gasteiger partial charge is 0.343 e. The molecule has 25 heavy (non-hydrogen) atoms. The highest BCUT2D eigenvalue weighted by Gasteiger charge is 2.30. The minimum absolute atomic E-state index is 0.169. The van der Waals surface area contributed by atoms with Gasteiger partial charge in [-0.3, -0.25) is 9.59 Å². The normalized spacial score (nSPS) is 26.2. The predicted octanol–water partition coefficient (Wildman–Crippen LogP) is 2.50. The highest BCUT2D eigenvalue weighted by atomic mass is 16.2. The van der Waals surface area contributed by atoms with E-state index in [0.29, 0.717) is 24.3 Å². The van der Waals surface area contributed by atoms with Gasteiger partial charge in [-0.25, -0.2) is 0 Å². The number of piperidine rings is 2. The molecule has 0 saturated carbocycles. The molecule has 3 aliphatic heterocycles.